The zero-order valence-electron chi connectivity index (χ0n) is 38.2. The molecule has 0 aliphatic carbocycles. The lowest BCUT2D eigenvalue weighted by molar-refractivity contribution is -0.142. The van der Waals surface area contributed by atoms with Crippen LogP contribution in [0.1, 0.15) is 97.6 Å². The number of likely N-dealkylation sites (N-methyl/N-ethyl adjacent to an activating group) is 1. The summed E-state index contributed by atoms with van der Waals surface area (Å²) >= 11 is 0. The fraction of sp³-hybridized carbons (Fsp3) is 0.609. The predicted octanol–water partition coefficient (Wildman–Crippen LogP) is 4.53. The first-order valence-electron chi connectivity index (χ1n) is 22.1. The van der Waals surface area contributed by atoms with E-state index in [1.165, 1.54) is 18.9 Å². The molecular formula is C46H70F2N6O10. The van der Waals surface area contributed by atoms with Crippen LogP contribution in [0.5, 0.6) is 0 Å². The van der Waals surface area contributed by atoms with Gasteiger partial charge < -0.3 is 46.3 Å². The number of aliphatic hydroxyl groups is 1. The van der Waals surface area contributed by atoms with Crippen molar-refractivity contribution in [2.45, 2.75) is 142 Å². The number of nitrogens with one attached hydrogen (secondary N) is 5. The molecule has 0 aliphatic heterocycles. The number of benzene rings is 2. The number of alkyl halides is 2. The second-order valence-corrected chi connectivity index (χ2v) is 16.7. The predicted molar refractivity (Wildman–Crippen MR) is 237 cm³/mol. The number of unbranched alkanes of at least 4 members (excludes halogenated alkanes) is 3. The van der Waals surface area contributed by atoms with Crippen molar-refractivity contribution in [1.82, 2.24) is 31.5 Å². The number of carboxylic acid groups (broad SMARTS) is 1. The normalized spacial score (nSPS) is 14.9. The van der Waals surface area contributed by atoms with Crippen LogP contribution < -0.4 is 26.6 Å². The van der Waals surface area contributed by atoms with Crippen molar-refractivity contribution in [3.8, 4) is 0 Å². The van der Waals surface area contributed by atoms with E-state index in [2.05, 4.69) is 26.6 Å². The molecule has 0 radical (unpaired) electrons. The number of ether oxygens (including phenoxy) is 2. The number of carbonyl (C=O) groups is 6. The van der Waals surface area contributed by atoms with E-state index >= 15 is 8.78 Å². The van der Waals surface area contributed by atoms with Crippen molar-refractivity contribution in [1.29, 1.82) is 0 Å². The number of halogens is 2. The van der Waals surface area contributed by atoms with E-state index in [0.717, 1.165) is 18.4 Å². The highest BCUT2D eigenvalue weighted by Crippen LogP contribution is 2.26. The van der Waals surface area contributed by atoms with Crippen LogP contribution in [0.15, 0.2) is 60.7 Å². The molecule has 0 saturated heterocycles. The molecule has 7 N–H and O–H groups in total. The van der Waals surface area contributed by atoms with Crippen molar-refractivity contribution in [3.63, 3.8) is 0 Å². The number of carbonyl (C=O) groups excluding carboxylic acids is 5. The van der Waals surface area contributed by atoms with Gasteiger partial charge in [0.1, 0.15) is 37.4 Å². The van der Waals surface area contributed by atoms with E-state index in [1.54, 1.807) is 74.5 Å². The van der Waals surface area contributed by atoms with Gasteiger partial charge in [0.15, 0.2) is 0 Å². The summed E-state index contributed by atoms with van der Waals surface area (Å²) in [6.45, 7) is 8.21. The van der Waals surface area contributed by atoms with E-state index in [1.807, 2.05) is 20.8 Å². The highest BCUT2D eigenvalue weighted by Gasteiger charge is 2.42. The molecule has 18 heteroatoms. The maximum absolute atomic E-state index is 15.4. The van der Waals surface area contributed by atoms with E-state index in [4.69, 9.17) is 9.47 Å². The van der Waals surface area contributed by atoms with Crippen LogP contribution in [0.3, 0.4) is 0 Å². The Morgan fingerprint density at radius 2 is 1.34 bits per heavy atom. The van der Waals surface area contributed by atoms with Crippen LogP contribution in [0.4, 0.5) is 13.6 Å². The van der Waals surface area contributed by atoms with Gasteiger partial charge in [0, 0.05) is 0 Å². The lowest BCUT2D eigenvalue weighted by Gasteiger charge is -2.35. The topological polar surface area (TPSA) is 225 Å². The van der Waals surface area contributed by atoms with Crippen molar-refractivity contribution in [3.05, 3.63) is 71.8 Å². The Kier molecular flexibility index (Phi) is 24.5. The average molecular weight is 905 g/mol. The first-order chi connectivity index (χ1) is 30.3. The summed E-state index contributed by atoms with van der Waals surface area (Å²) in [6.07, 6.45) is -0.609. The number of aliphatic hydroxyl groups excluding tert-OH is 1. The summed E-state index contributed by atoms with van der Waals surface area (Å²) in [5.74, 6) is -9.05. The van der Waals surface area contributed by atoms with Gasteiger partial charge in [0.25, 0.3) is 5.92 Å². The Morgan fingerprint density at radius 3 is 1.91 bits per heavy atom. The minimum atomic E-state index is -3.54. The highest BCUT2D eigenvalue weighted by atomic mass is 19.3. The van der Waals surface area contributed by atoms with Crippen LogP contribution in [-0.4, -0.2) is 120 Å². The summed E-state index contributed by atoms with van der Waals surface area (Å²) in [5.41, 5.74) is 1.42. The minimum absolute atomic E-state index is 0.0239. The van der Waals surface area contributed by atoms with Crippen LogP contribution in [-0.2, 0) is 46.7 Å². The van der Waals surface area contributed by atoms with E-state index in [0.29, 0.717) is 24.8 Å². The first kappa shape index (κ1) is 54.9. The first-order valence-corrected chi connectivity index (χ1v) is 22.1. The molecule has 0 spiro atoms. The van der Waals surface area contributed by atoms with Crippen molar-refractivity contribution in [2.24, 2.45) is 11.8 Å². The van der Waals surface area contributed by atoms with E-state index in [9.17, 15) is 39.0 Å². The Labute approximate surface area is 376 Å². The van der Waals surface area contributed by atoms with Crippen molar-refractivity contribution < 1.29 is 57.2 Å². The van der Waals surface area contributed by atoms with Gasteiger partial charge in [-0.2, -0.15) is 0 Å². The molecule has 2 aromatic rings. The van der Waals surface area contributed by atoms with Crippen molar-refractivity contribution in [2.75, 3.05) is 26.7 Å². The molecular weight excluding hydrogens is 835 g/mol. The molecule has 0 fully saturated rings. The zero-order valence-corrected chi connectivity index (χ0v) is 38.2. The SMILES string of the molecule is CCCCCCC(O)C(F)(F)CN(C)[C@@H](CC(C)C)C(=O)N[C@H](C(=O)N[C@@H](CNC(=O)OCc1ccccc1)C(=O)N[C@H](C(=O)NCC(=O)O)[C@H](C)OCc1ccccc1)[C@H](C)CC. The molecule has 358 valence electrons. The van der Waals surface area contributed by atoms with E-state index < -0.39 is 104 Å². The standard InChI is InChI=1S/C46H70F2N6O10/c1-8-10-11-18-23-37(55)46(47,48)29-54(7)36(24-30(3)4)42(59)52-39(31(5)9-2)44(61)51-35(25-50-45(62)64-28-34-21-16-13-17-22-34)41(58)53-40(43(60)49-26-38(56)57)32(6)63-27-33-19-14-12-15-20-33/h12-17,19-22,30-32,35-37,39-40,55H,8-11,18,23-29H2,1-7H3,(H,49,60)(H,50,62)(H,51,61)(H,52,59)(H,53,58)(H,56,57)/t31-,32+,35+,36+,37?,39+,40+/m1/s1. The van der Waals surface area contributed by atoms with Crippen molar-refractivity contribution >= 4 is 35.7 Å². The molecule has 2 aromatic carbocycles. The number of carboxylic acids is 1. The van der Waals surface area contributed by atoms with E-state index in [-0.39, 0.29) is 32.0 Å². The molecule has 0 aromatic heterocycles. The molecule has 7 atom stereocenters. The molecule has 0 heterocycles. The van der Waals surface area contributed by atoms with Gasteiger partial charge in [-0.05, 0) is 49.8 Å². The summed E-state index contributed by atoms with van der Waals surface area (Å²) in [5, 5.41) is 32.2. The van der Waals surface area contributed by atoms with Crippen LogP contribution >= 0.6 is 0 Å². The highest BCUT2D eigenvalue weighted by molar-refractivity contribution is 5.95. The van der Waals surface area contributed by atoms with Crippen LogP contribution in [0.25, 0.3) is 0 Å². The Hall–Kier alpha value is -5.20. The van der Waals surface area contributed by atoms with Crippen LogP contribution in [0.2, 0.25) is 0 Å². The Balaban J connectivity index is 2.40. The second-order valence-electron chi connectivity index (χ2n) is 16.7. The van der Waals surface area contributed by atoms with Crippen LogP contribution in [0, 0.1) is 11.8 Å². The summed E-state index contributed by atoms with van der Waals surface area (Å²) < 4.78 is 41.9. The number of rotatable bonds is 30. The van der Waals surface area contributed by atoms with Gasteiger partial charge in [-0.25, -0.2) is 13.6 Å². The maximum Gasteiger partial charge on any atom is 0.407 e. The van der Waals surface area contributed by atoms with Gasteiger partial charge in [0.05, 0.1) is 31.8 Å². The molecule has 5 amide bonds. The quantitative estimate of drug-likeness (QED) is 0.0540. The van der Waals surface area contributed by atoms with Gasteiger partial charge in [-0.3, -0.25) is 28.9 Å². The monoisotopic (exact) mass is 905 g/mol. The number of amides is 5. The lowest BCUT2D eigenvalue weighted by atomic mass is 9.95. The molecule has 0 bridgehead atoms. The fourth-order valence-corrected chi connectivity index (χ4v) is 6.66. The fourth-order valence-electron chi connectivity index (χ4n) is 6.66. The summed E-state index contributed by atoms with van der Waals surface area (Å²) in [4.78, 5) is 81.2. The third-order valence-electron chi connectivity index (χ3n) is 10.7. The smallest absolute Gasteiger partial charge is 0.407 e. The molecule has 0 saturated carbocycles. The minimum Gasteiger partial charge on any atom is -0.480 e. The van der Waals surface area contributed by atoms with Gasteiger partial charge in [0.2, 0.25) is 23.6 Å². The Bertz CT molecular complexity index is 1740. The van der Waals surface area contributed by atoms with Gasteiger partial charge >= 0.3 is 12.1 Å². The Morgan fingerprint density at radius 1 is 0.750 bits per heavy atom. The number of hydrogen-bond acceptors (Lipinski definition) is 10. The third-order valence-corrected chi connectivity index (χ3v) is 10.7. The number of hydrogen-bond donors (Lipinski definition) is 7. The maximum atomic E-state index is 15.4. The average Bonchev–Trinajstić information content (AvgIpc) is 3.26. The second kappa shape index (κ2) is 28.6. The molecule has 64 heavy (non-hydrogen) atoms. The largest absolute Gasteiger partial charge is 0.480 e. The molecule has 16 nitrogen and oxygen atoms in total. The number of aliphatic carboxylic acids is 1. The number of alkyl carbamates (subject to hydrolysis) is 1. The molecule has 0 aliphatic rings. The molecule has 2 rings (SSSR count). The third kappa shape index (κ3) is 20.1. The zero-order chi connectivity index (χ0) is 47.8. The summed E-state index contributed by atoms with van der Waals surface area (Å²) in [6, 6.07) is 12.2. The number of nitrogens with zero attached hydrogens (tertiary/aromatic N) is 1. The summed E-state index contributed by atoms with van der Waals surface area (Å²) in [7, 11) is 1.36. The molecule has 1 unspecified atom stereocenters. The van der Waals surface area contributed by atoms with Gasteiger partial charge in [-0.15, -0.1) is 0 Å². The lowest BCUT2D eigenvalue weighted by Crippen LogP contribution is -2.63. The van der Waals surface area contributed by atoms with Gasteiger partial charge in [-0.1, -0.05) is 127 Å².